The summed E-state index contributed by atoms with van der Waals surface area (Å²) in [6.45, 7) is 4.11. The number of rotatable bonds is 7. The van der Waals surface area contributed by atoms with Crippen LogP contribution in [0, 0.1) is 0 Å². The highest BCUT2D eigenvalue weighted by atomic mass is 32.1. The predicted octanol–water partition coefficient (Wildman–Crippen LogP) is 4.40. The van der Waals surface area contributed by atoms with E-state index in [0.29, 0.717) is 17.2 Å². The van der Waals surface area contributed by atoms with Crippen LogP contribution < -0.4 is 10.2 Å². The molecular weight excluding hydrogens is 382 g/mol. The maximum absolute atomic E-state index is 12.8. The summed E-state index contributed by atoms with van der Waals surface area (Å²) in [5.74, 6) is -0.332. The molecule has 6 heteroatoms. The quantitative estimate of drug-likeness (QED) is 0.470. The lowest BCUT2D eigenvalue weighted by molar-refractivity contribution is -0.114. The topological polar surface area (TPSA) is 62.3 Å². The number of nitrogens with one attached hydrogen (secondary N) is 1. The summed E-state index contributed by atoms with van der Waals surface area (Å²) >= 11 is 1.42. The van der Waals surface area contributed by atoms with Gasteiger partial charge in [-0.1, -0.05) is 48.5 Å². The van der Waals surface area contributed by atoms with Crippen molar-refractivity contribution in [2.75, 3.05) is 18.5 Å². The van der Waals surface area contributed by atoms with E-state index in [-0.39, 0.29) is 11.8 Å². The number of nitrogens with zero attached hydrogens (tertiary/aromatic N) is 2. The lowest BCUT2D eigenvalue weighted by Crippen LogP contribution is -2.29. The molecule has 0 bridgehead atoms. The molecule has 2 aromatic carbocycles. The summed E-state index contributed by atoms with van der Waals surface area (Å²) in [4.78, 5) is 30.6. The van der Waals surface area contributed by atoms with Crippen molar-refractivity contribution in [2.45, 2.75) is 0 Å². The molecule has 1 N–H and O–H groups in total. The fraction of sp³-hybridized carbons (Fsp3) is 0.0870. The second kappa shape index (κ2) is 9.61. The second-order valence-corrected chi connectivity index (χ2v) is 6.99. The SMILES string of the molecule is C=CCN(C(=O)/C=C/c1ccc(C(=O)NC)cc1)c1nc(-c2ccccc2)cs1. The van der Waals surface area contributed by atoms with Crippen LogP contribution in [0.1, 0.15) is 15.9 Å². The van der Waals surface area contributed by atoms with Crippen LogP contribution in [0.2, 0.25) is 0 Å². The van der Waals surface area contributed by atoms with Crippen LogP contribution in [0.15, 0.2) is 78.7 Å². The van der Waals surface area contributed by atoms with Gasteiger partial charge in [-0.3, -0.25) is 14.5 Å². The van der Waals surface area contributed by atoms with Crippen molar-refractivity contribution in [3.8, 4) is 11.3 Å². The average Bonchev–Trinajstić information content (AvgIpc) is 3.26. The van der Waals surface area contributed by atoms with E-state index in [9.17, 15) is 9.59 Å². The minimum Gasteiger partial charge on any atom is -0.355 e. The molecule has 0 atom stereocenters. The monoisotopic (exact) mass is 403 g/mol. The van der Waals surface area contributed by atoms with Gasteiger partial charge in [0.05, 0.1) is 5.69 Å². The molecule has 3 rings (SSSR count). The highest BCUT2D eigenvalue weighted by molar-refractivity contribution is 7.14. The first kappa shape index (κ1) is 20.2. The van der Waals surface area contributed by atoms with Gasteiger partial charge in [-0.05, 0) is 23.8 Å². The number of aromatic nitrogens is 1. The van der Waals surface area contributed by atoms with E-state index in [1.807, 2.05) is 35.7 Å². The largest absolute Gasteiger partial charge is 0.355 e. The van der Waals surface area contributed by atoms with Gasteiger partial charge in [0.25, 0.3) is 11.8 Å². The molecule has 1 heterocycles. The minimum atomic E-state index is -0.186. The summed E-state index contributed by atoms with van der Waals surface area (Å²) in [6, 6.07) is 16.9. The number of benzene rings is 2. The third kappa shape index (κ3) is 5.06. The van der Waals surface area contributed by atoms with Crippen molar-refractivity contribution in [3.63, 3.8) is 0 Å². The first-order valence-corrected chi connectivity index (χ1v) is 9.94. The molecule has 0 saturated heterocycles. The van der Waals surface area contributed by atoms with E-state index in [1.165, 1.54) is 17.4 Å². The van der Waals surface area contributed by atoms with Gasteiger partial charge in [0.2, 0.25) is 0 Å². The van der Waals surface area contributed by atoms with E-state index in [0.717, 1.165) is 16.8 Å². The van der Waals surface area contributed by atoms with Crippen LogP contribution in [-0.2, 0) is 4.79 Å². The fourth-order valence-corrected chi connectivity index (χ4v) is 3.52. The second-order valence-electron chi connectivity index (χ2n) is 6.15. The summed E-state index contributed by atoms with van der Waals surface area (Å²) < 4.78 is 0. The molecule has 0 aliphatic rings. The summed E-state index contributed by atoms with van der Waals surface area (Å²) in [6.07, 6.45) is 4.90. The van der Waals surface area contributed by atoms with Crippen LogP contribution >= 0.6 is 11.3 Å². The van der Waals surface area contributed by atoms with Gasteiger partial charge in [0, 0.05) is 36.2 Å². The highest BCUT2D eigenvalue weighted by Crippen LogP contribution is 2.27. The molecule has 146 valence electrons. The molecule has 0 aliphatic heterocycles. The van der Waals surface area contributed by atoms with Crippen molar-refractivity contribution in [1.82, 2.24) is 10.3 Å². The lowest BCUT2D eigenvalue weighted by atomic mass is 10.1. The molecule has 0 fully saturated rings. The Morgan fingerprint density at radius 1 is 1.14 bits per heavy atom. The molecule has 5 nitrogen and oxygen atoms in total. The third-order valence-corrected chi connectivity index (χ3v) is 5.05. The molecular formula is C23H21N3O2S. The number of thiazole rings is 1. The standard InChI is InChI=1S/C23H21N3O2S/c1-3-15-26(23-25-20(16-29-23)18-7-5-4-6-8-18)21(27)14-11-17-9-12-19(13-10-17)22(28)24-2/h3-14,16H,1,15H2,2H3,(H,24,28)/b14-11+. The molecule has 0 spiro atoms. The Morgan fingerprint density at radius 3 is 2.52 bits per heavy atom. The van der Waals surface area contributed by atoms with Gasteiger partial charge < -0.3 is 5.32 Å². The maximum Gasteiger partial charge on any atom is 0.253 e. The van der Waals surface area contributed by atoms with E-state index >= 15 is 0 Å². The lowest BCUT2D eigenvalue weighted by Gasteiger charge is -2.15. The predicted molar refractivity (Wildman–Crippen MR) is 119 cm³/mol. The Hall–Kier alpha value is -3.51. The van der Waals surface area contributed by atoms with E-state index in [1.54, 1.807) is 48.4 Å². The molecule has 2 amide bonds. The molecule has 3 aromatic rings. The normalized spacial score (nSPS) is 10.7. The number of anilines is 1. The van der Waals surface area contributed by atoms with Crippen LogP contribution in [-0.4, -0.2) is 30.4 Å². The van der Waals surface area contributed by atoms with Gasteiger partial charge in [0.15, 0.2) is 5.13 Å². The minimum absolute atomic E-state index is 0.147. The first-order valence-electron chi connectivity index (χ1n) is 9.06. The average molecular weight is 404 g/mol. The molecule has 0 unspecified atom stereocenters. The van der Waals surface area contributed by atoms with Crippen LogP contribution in [0.4, 0.5) is 5.13 Å². The number of carbonyl (C=O) groups is 2. The van der Waals surface area contributed by atoms with E-state index in [4.69, 9.17) is 0 Å². The first-order chi connectivity index (χ1) is 14.1. The highest BCUT2D eigenvalue weighted by Gasteiger charge is 2.16. The zero-order valence-corrected chi connectivity index (χ0v) is 16.9. The molecule has 0 aliphatic carbocycles. The van der Waals surface area contributed by atoms with Crippen molar-refractivity contribution in [1.29, 1.82) is 0 Å². The maximum atomic E-state index is 12.8. The Bertz CT molecular complexity index is 1020. The van der Waals surface area contributed by atoms with Crippen molar-refractivity contribution in [3.05, 3.63) is 89.8 Å². The smallest absolute Gasteiger partial charge is 0.253 e. The van der Waals surface area contributed by atoms with Crippen molar-refractivity contribution < 1.29 is 9.59 Å². The zero-order chi connectivity index (χ0) is 20.6. The van der Waals surface area contributed by atoms with Gasteiger partial charge in [0.1, 0.15) is 0 Å². The third-order valence-electron chi connectivity index (χ3n) is 4.19. The van der Waals surface area contributed by atoms with Crippen LogP contribution in [0.25, 0.3) is 17.3 Å². The summed E-state index contributed by atoms with van der Waals surface area (Å²) in [5, 5.41) is 5.14. The van der Waals surface area contributed by atoms with Gasteiger partial charge >= 0.3 is 0 Å². The Morgan fingerprint density at radius 2 is 1.86 bits per heavy atom. The zero-order valence-electron chi connectivity index (χ0n) is 16.0. The number of hydrogen-bond donors (Lipinski definition) is 1. The molecule has 29 heavy (non-hydrogen) atoms. The van der Waals surface area contributed by atoms with Crippen LogP contribution in [0.5, 0.6) is 0 Å². The van der Waals surface area contributed by atoms with Crippen LogP contribution in [0.3, 0.4) is 0 Å². The molecule has 1 aromatic heterocycles. The Labute approximate surface area is 174 Å². The molecule has 0 saturated carbocycles. The Balaban J connectivity index is 1.76. The van der Waals surface area contributed by atoms with Gasteiger partial charge in [-0.25, -0.2) is 4.98 Å². The van der Waals surface area contributed by atoms with Crippen molar-refractivity contribution in [2.24, 2.45) is 0 Å². The number of hydrogen-bond acceptors (Lipinski definition) is 4. The van der Waals surface area contributed by atoms with E-state index < -0.39 is 0 Å². The van der Waals surface area contributed by atoms with E-state index in [2.05, 4.69) is 16.9 Å². The Kier molecular flexibility index (Phi) is 6.71. The summed E-state index contributed by atoms with van der Waals surface area (Å²) in [5.41, 5.74) is 3.24. The molecule has 0 radical (unpaired) electrons. The van der Waals surface area contributed by atoms with Gasteiger partial charge in [-0.15, -0.1) is 17.9 Å². The summed E-state index contributed by atoms with van der Waals surface area (Å²) in [7, 11) is 1.59. The van der Waals surface area contributed by atoms with Crippen molar-refractivity contribution >= 4 is 34.4 Å². The van der Waals surface area contributed by atoms with Gasteiger partial charge in [-0.2, -0.15) is 0 Å². The fourth-order valence-electron chi connectivity index (χ4n) is 2.67. The number of carbonyl (C=O) groups excluding carboxylic acids is 2. The number of amides is 2.